The molecule has 13 aromatic heterocycles. The monoisotopic (exact) mass is 2180 g/mol. The number of nitrogen functional groups attached to an aromatic ring is 2. The molecular weight excluding hydrogens is 2050 g/mol. The predicted molar refractivity (Wildman–Crippen MR) is 598 cm³/mol. The van der Waals surface area contributed by atoms with Crippen molar-refractivity contribution in [2.45, 2.75) is 182 Å². The van der Waals surface area contributed by atoms with Crippen molar-refractivity contribution in [3.63, 3.8) is 0 Å². The van der Waals surface area contributed by atoms with E-state index in [0.717, 1.165) is 115 Å². The molecule has 40 nitrogen and oxygen atoms in total. The third-order valence-electron chi connectivity index (χ3n) is 23.2. The fourth-order valence-electron chi connectivity index (χ4n) is 16.1. The maximum atomic E-state index is 13.3. The number of thioether (sulfide) groups is 2. The number of carbonyl (C=O) groups is 2. The molecule has 3 aromatic carbocycles. The molecule has 0 atom stereocenters. The molecule has 0 aliphatic carbocycles. The van der Waals surface area contributed by atoms with Gasteiger partial charge in [0.25, 0.3) is 22.2 Å². The van der Waals surface area contributed by atoms with Crippen LogP contribution in [0.5, 0.6) is 0 Å². The van der Waals surface area contributed by atoms with Crippen LogP contribution in [-0.2, 0) is 48.4 Å². The van der Waals surface area contributed by atoms with Crippen LogP contribution in [0.3, 0.4) is 0 Å². The summed E-state index contributed by atoms with van der Waals surface area (Å²) in [5.41, 5.74) is 24.2. The van der Waals surface area contributed by atoms with E-state index in [9.17, 15) is 28.8 Å². The largest absolute Gasteiger partial charge is 0.444 e. The van der Waals surface area contributed by atoms with Crippen LogP contribution in [-0.4, -0.2) is 224 Å². The summed E-state index contributed by atoms with van der Waals surface area (Å²) in [7, 11) is 15.5. The highest BCUT2D eigenvalue weighted by atomic mass is 79.9. The molecule has 0 fully saturated rings. The van der Waals surface area contributed by atoms with Gasteiger partial charge in [-0.15, -0.1) is 0 Å². The van der Waals surface area contributed by atoms with Gasteiger partial charge in [-0.2, -0.15) is 9.97 Å². The third kappa shape index (κ3) is 27.4. The normalized spacial score (nSPS) is 12.6. The van der Waals surface area contributed by atoms with Gasteiger partial charge in [0.05, 0.1) is 17.1 Å². The van der Waals surface area contributed by atoms with Crippen molar-refractivity contribution >= 4 is 170 Å². The van der Waals surface area contributed by atoms with Crippen molar-refractivity contribution in [3.8, 4) is 17.1 Å². The van der Waals surface area contributed by atoms with E-state index in [4.69, 9.17) is 30.9 Å². The molecule has 16 aromatic rings. The zero-order valence-electron chi connectivity index (χ0n) is 88.0. The van der Waals surface area contributed by atoms with Crippen molar-refractivity contribution in [1.29, 1.82) is 0 Å². The second kappa shape index (κ2) is 48.3. The number of hydrogen-bond acceptors (Lipinski definition) is 32. The molecule has 0 saturated carbocycles. The second-order valence-electron chi connectivity index (χ2n) is 39.0. The summed E-state index contributed by atoms with van der Waals surface area (Å²) in [6.45, 7) is 31.3. The van der Waals surface area contributed by atoms with E-state index < -0.39 is 11.2 Å². The van der Waals surface area contributed by atoms with Crippen molar-refractivity contribution < 1.29 is 19.1 Å². The van der Waals surface area contributed by atoms with Crippen LogP contribution >= 0.6 is 55.4 Å². The van der Waals surface area contributed by atoms with Gasteiger partial charge < -0.3 is 66.3 Å². The quantitative estimate of drug-likeness (QED) is 0.0280. The smallest absolute Gasteiger partial charge is 0.410 e. The minimum atomic E-state index is -0.528. The molecule has 148 heavy (non-hydrogen) atoms. The van der Waals surface area contributed by atoms with Gasteiger partial charge in [-0.25, -0.2) is 97.2 Å². The number of ether oxygens (including phenoxy) is 2. The highest BCUT2D eigenvalue weighted by Gasteiger charge is 2.31. The number of fused-ring (bicyclic) bond motifs is 7. The first-order chi connectivity index (χ1) is 70.2. The van der Waals surface area contributed by atoms with E-state index in [0.29, 0.717) is 98.3 Å². The van der Waals surface area contributed by atoms with Gasteiger partial charge in [0.1, 0.15) is 61.8 Å². The van der Waals surface area contributed by atoms with Crippen LogP contribution < -0.4 is 69.3 Å². The Bertz CT molecular complexity index is 7670. The van der Waals surface area contributed by atoms with Crippen molar-refractivity contribution in [3.05, 3.63) is 255 Å². The highest BCUT2D eigenvalue weighted by molar-refractivity contribution is 9.10. The van der Waals surface area contributed by atoms with Crippen LogP contribution in [0.4, 0.5) is 67.6 Å². The number of aromatic amines is 1. The SMILES string of the molecule is CC(C)(C)OC(=O)N1CCc2cc(N)ccc2C1.CC(C)n1c(=O)c2cnc(Nc3ccc4c(c3)CCN(C(=O)OC(C)(C)C)C4)nc2n1-c1ccnc(N(C)C)c1.CC(C)n1c(=O)c2cnc(Nc3ccc4c(c3)CCNC4)nc2n1-c1ccnc(N(C)C)c1.CN(C)c1cc(Br)ccn1.CSc1ncc2c(=O)n(C(C)C)[nH]c2n1.CSc1ncc2c(=O)n(C(C)C)n(-c3ccnc(N(C)C)c3)c2n1.Nc1cc(Br)ccn1. The van der Waals surface area contributed by atoms with Crippen LogP contribution in [0, 0.1) is 0 Å². The molecule has 0 unspecified atom stereocenters. The minimum absolute atomic E-state index is 0.0135. The number of anilines is 10. The second-order valence-corrected chi connectivity index (χ2v) is 42.4. The molecule has 0 spiro atoms. The number of carbonyl (C=O) groups excluding carboxylic acids is 2. The van der Waals surface area contributed by atoms with E-state index in [1.54, 1.807) is 90.4 Å². The standard InChI is InChI=1S/C29H36N8O3.C24H28N8O.C16H20N6OS.C14H20N2O2.C9H12N4OS.C7H9BrN2.C5H5BrN2/c1-18(2)36-26(38)23-16-31-27(33-25(23)37(36)22-10-12-30-24(15-22)34(6)7)32-21-9-8-20-17-35(13-11-19(20)14-21)28(39)40-29(3,4)5;1-15(2)31-23(33)20-14-27-24(28-18-6-5-17-13-25-9-7-16(17)11-18)29-22(20)32(31)19-8-10-26-21(12-19)30(3)4;1-10(2)21-15(23)12-9-18-16(24-5)19-14(12)22(21)11-6-7-17-13(8-11)20(3)4;1-14(2,3)18-13(17)16-7-6-10-8-12(15)5-4-11(10)9-16;1-5(2)13-8(14)6-4-10-9(15-3)11-7(6)12-13;1-10(2)7-5-6(8)3-4-9-7;6-4-1-2-8-5(7)3-4/h8-10,12,14-16,18H,11,13,17H2,1-7H3,(H,31,32,33);5-6,8,10-12,14-15,25H,7,9,13H2,1-4H3,(H,27,28,29);6-10H,1-5H3;4-5,8H,6-7,9,15H2,1-3H3;4-5H,1-3H3,(H,10,11,12);3-5H,1-2H3;1-3H,(H2,7,8). The number of aromatic nitrogens is 21. The average molecular weight is 2180 g/mol. The zero-order valence-corrected chi connectivity index (χ0v) is 92.8. The van der Waals surface area contributed by atoms with Crippen molar-refractivity contribution in [2.75, 3.05) is 130 Å². The number of benzene rings is 3. The number of H-pyrrole nitrogens is 1. The number of amides is 2. The molecule has 0 bridgehead atoms. The van der Waals surface area contributed by atoms with Crippen LogP contribution in [0.1, 0.15) is 154 Å². The highest BCUT2D eigenvalue weighted by Crippen LogP contribution is 2.33. The summed E-state index contributed by atoms with van der Waals surface area (Å²) in [6.07, 6.45) is 20.8. The first-order valence-corrected chi connectivity index (χ1v) is 52.2. The van der Waals surface area contributed by atoms with Crippen LogP contribution in [0.25, 0.3) is 61.2 Å². The number of nitrogens with zero attached hydrogens (tertiary/aromatic N) is 26. The van der Waals surface area contributed by atoms with Gasteiger partial charge in [-0.3, -0.25) is 24.3 Å². The number of halogens is 2. The molecule has 3 aliphatic heterocycles. The van der Waals surface area contributed by atoms with E-state index in [2.05, 4.69) is 126 Å². The molecule has 0 radical (unpaired) electrons. The van der Waals surface area contributed by atoms with Crippen molar-refractivity contribution in [2.24, 2.45) is 0 Å². The Balaban J connectivity index is 0.000000153. The average Bonchev–Trinajstić information content (AvgIpc) is 1.60. The van der Waals surface area contributed by atoms with Gasteiger partial charge in [-0.05, 0) is 247 Å². The maximum absolute atomic E-state index is 13.3. The lowest BCUT2D eigenvalue weighted by Gasteiger charge is -2.31. The number of nitrogens with two attached hydrogens (primary N) is 2. The molecule has 0 saturated heterocycles. The Hall–Kier alpha value is -14.6. The van der Waals surface area contributed by atoms with Gasteiger partial charge in [0.2, 0.25) is 11.9 Å². The topological polar surface area (TPSA) is 446 Å². The molecule has 2 amide bonds. The lowest BCUT2D eigenvalue weighted by Crippen LogP contribution is -2.39. The van der Waals surface area contributed by atoms with Gasteiger partial charge >= 0.3 is 12.2 Å². The van der Waals surface area contributed by atoms with Gasteiger partial charge in [0, 0.05) is 213 Å². The Morgan fingerprint density at radius 3 is 1.19 bits per heavy atom. The molecule has 8 N–H and O–H groups in total. The Morgan fingerprint density at radius 1 is 0.419 bits per heavy atom. The van der Waals surface area contributed by atoms with E-state index in [1.165, 1.54) is 40.2 Å². The summed E-state index contributed by atoms with van der Waals surface area (Å²) in [5.74, 6) is 4.73. The summed E-state index contributed by atoms with van der Waals surface area (Å²) in [6, 6.07) is 37.0. The maximum Gasteiger partial charge on any atom is 0.410 e. The number of nitrogens with one attached hydrogen (secondary N) is 4. The van der Waals surface area contributed by atoms with E-state index >= 15 is 0 Å². The molecular formula is C104H130Br2N32O8S2. The third-order valence-corrected chi connectivity index (χ3v) is 25.3. The Kier molecular flexibility index (Phi) is 36.1. The predicted octanol–water partition coefficient (Wildman–Crippen LogP) is 17.3. The van der Waals surface area contributed by atoms with Crippen molar-refractivity contribution in [1.82, 2.24) is 118 Å². The van der Waals surface area contributed by atoms with Crippen LogP contribution in [0.15, 0.2) is 209 Å². The molecule has 19 rings (SSSR count). The molecule has 44 heteroatoms. The summed E-state index contributed by atoms with van der Waals surface area (Å²) >= 11 is 9.51. The Labute approximate surface area is 884 Å². The zero-order chi connectivity index (χ0) is 107. The van der Waals surface area contributed by atoms with Gasteiger partial charge in [-0.1, -0.05) is 73.6 Å². The fourth-order valence-corrected chi connectivity index (χ4v) is 17.5. The summed E-state index contributed by atoms with van der Waals surface area (Å²) in [4.78, 5) is 144. The fraction of sp³-hybridized carbons (Fsp3) is 0.375. The van der Waals surface area contributed by atoms with Gasteiger partial charge in [0.15, 0.2) is 32.9 Å². The number of rotatable bonds is 17. The molecule has 3 aliphatic rings. The lowest BCUT2D eigenvalue weighted by atomic mass is 9.99. The summed E-state index contributed by atoms with van der Waals surface area (Å²) in [5, 5.41) is 16.3. The minimum Gasteiger partial charge on any atom is -0.444 e. The van der Waals surface area contributed by atoms with E-state index in [-0.39, 0.29) is 58.6 Å². The first kappa shape index (κ1) is 111. The molecule has 16 heterocycles. The molecule has 780 valence electrons. The number of hydrogen-bond donors (Lipinski definition) is 6. The lowest BCUT2D eigenvalue weighted by molar-refractivity contribution is 0.0214. The van der Waals surface area contributed by atoms with Crippen LogP contribution in [0.2, 0.25) is 0 Å². The first-order valence-electron chi connectivity index (χ1n) is 48.2. The van der Waals surface area contributed by atoms with E-state index in [1.807, 2.05) is 290 Å². The number of pyridine rings is 5. The Morgan fingerprint density at radius 2 is 0.797 bits per heavy atom. The summed E-state index contributed by atoms with van der Waals surface area (Å²) < 4.78 is 25.2.